The summed E-state index contributed by atoms with van der Waals surface area (Å²) in [6.45, 7) is 15.3. The molecule has 1 aromatic rings. The second kappa shape index (κ2) is 9.16. The smallest absolute Gasteiger partial charge is 0.870 e. The zero-order valence-corrected chi connectivity index (χ0v) is 18.3. The van der Waals surface area contributed by atoms with Crippen LogP contribution < -0.4 is 0 Å². The predicted molar refractivity (Wildman–Crippen MR) is 92.5 cm³/mol. The number of hydrogen-bond acceptors (Lipinski definition) is 2. The van der Waals surface area contributed by atoms with Crippen LogP contribution in [0.4, 0.5) is 5.69 Å². The fraction of sp³-hybridized carbons (Fsp3) is 0.389. The van der Waals surface area contributed by atoms with Gasteiger partial charge in [0.2, 0.25) is 0 Å². The van der Waals surface area contributed by atoms with Crippen LogP contribution in [0.2, 0.25) is 0 Å². The van der Waals surface area contributed by atoms with Crippen LogP contribution in [0, 0.1) is 25.8 Å². The molecule has 0 fully saturated rings. The Bertz CT molecular complexity index is 587. The topological polar surface area (TPSA) is 63.0 Å². The minimum atomic E-state index is 0. The second-order valence-electron chi connectivity index (χ2n) is 5.87. The van der Waals surface area contributed by atoms with E-state index in [-0.39, 0.29) is 56.4 Å². The maximum atomic E-state index is 2.34. The number of nitrogens with zero attached hydrogens (tertiary/aromatic N) is 1. The van der Waals surface area contributed by atoms with Crippen LogP contribution in [0.25, 0.3) is 0 Å². The molecule has 0 spiro atoms. The van der Waals surface area contributed by atoms with E-state index in [0.717, 1.165) is 0 Å². The molecule has 1 aromatic carbocycles. The van der Waals surface area contributed by atoms with Crippen LogP contribution in [0.1, 0.15) is 51.3 Å². The Morgan fingerprint density at radius 3 is 2.09 bits per heavy atom. The molecule has 3 nitrogen and oxygen atoms in total. The van der Waals surface area contributed by atoms with Gasteiger partial charge in [-0.05, 0) is 46.3 Å². The van der Waals surface area contributed by atoms with Gasteiger partial charge in [-0.1, -0.05) is 25.0 Å². The van der Waals surface area contributed by atoms with E-state index in [2.05, 4.69) is 71.4 Å². The summed E-state index contributed by atoms with van der Waals surface area (Å²) in [4.78, 5) is 0. The largest absolute Gasteiger partial charge is 2.00 e. The number of fused-ring (bicyclic) bond motifs is 1. The van der Waals surface area contributed by atoms with Gasteiger partial charge in [-0.2, -0.15) is 0 Å². The Hall–Kier alpha value is -0.229. The minimum Gasteiger partial charge on any atom is -0.870 e. The zero-order chi connectivity index (χ0) is 14.3. The molecule has 118 valence electrons. The minimum absolute atomic E-state index is 0. The molecule has 0 unspecified atom stereocenters. The van der Waals surface area contributed by atoms with Crippen molar-refractivity contribution >= 4 is 57.4 Å². The molecular formula is C18H26NO2Sr-. The first-order valence-electron chi connectivity index (χ1n) is 6.90. The van der Waals surface area contributed by atoms with Gasteiger partial charge in [0, 0.05) is 6.04 Å². The van der Waals surface area contributed by atoms with Crippen molar-refractivity contribution in [3.8, 4) is 0 Å². The Kier molecular flexibility index (Phi) is 10.0. The Balaban J connectivity index is 0. The number of rotatable bonds is 1. The third-order valence-corrected chi connectivity index (χ3v) is 4.11. The van der Waals surface area contributed by atoms with E-state index < -0.39 is 0 Å². The quantitative estimate of drug-likeness (QED) is 0.420. The van der Waals surface area contributed by atoms with Gasteiger partial charge >= 0.3 is 45.5 Å². The molecule has 1 heterocycles. The summed E-state index contributed by atoms with van der Waals surface area (Å²) >= 11 is 0. The summed E-state index contributed by atoms with van der Waals surface area (Å²) in [5, 5.41) is 0. The summed E-state index contributed by atoms with van der Waals surface area (Å²) < 4.78 is 2.34. The third-order valence-electron chi connectivity index (χ3n) is 4.11. The normalized spacial score (nSPS) is 13.9. The van der Waals surface area contributed by atoms with Crippen LogP contribution in [0.15, 0.2) is 23.3 Å². The van der Waals surface area contributed by atoms with Gasteiger partial charge in [0.05, 0.1) is 11.9 Å². The molecule has 22 heavy (non-hydrogen) atoms. The molecule has 4 heteroatoms. The van der Waals surface area contributed by atoms with Crippen molar-refractivity contribution in [2.45, 2.75) is 48.5 Å². The monoisotopic (exact) mass is 376 g/mol. The molecule has 0 saturated heterocycles. The molecule has 2 N–H and O–H groups in total. The third kappa shape index (κ3) is 4.40. The van der Waals surface area contributed by atoms with E-state index in [1.807, 2.05) is 0 Å². The first-order chi connectivity index (χ1) is 8.82. The van der Waals surface area contributed by atoms with Crippen molar-refractivity contribution in [3.63, 3.8) is 0 Å². The first-order valence-corrected chi connectivity index (χ1v) is 6.90. The number of allylic oxidation sites excluding steroid dienone is 2. The Morgan fingerprint density at radius 1 is 1.05 bits per heavy atom. The number of benzene rings is 1. The average Bonchev–Trinajstić information content (AvgIpc) is 2.54. The number of hydrogen-bond donors (Lipinski definition) is 0. The molecule has 0 amide bonds. The molecule has 1 aliphatic heterocycles. The summed E-state index contributed by atoms with van der Waals surface area (Å²) in [5.41, 5.74) is 8.13. The Labute approximate surface area is 172 Å². The fourth-order valence-corrected chi connectivity index (χ4v) is 2.65. The van der Waals surface area contributed by atoms with Crippen molar-refractivity contribution in [3.05, 3.63) is 51.9 Å². The second-order valence-corrected chi connectivity index (χ2v) is 5.87. The molecule has 0 aromatic heterocycles. The maximum Gasteiger partial charge on any atom is 2.00 e. The average molecular weight is 376 g/mol. The predicted octanol–water partition coefficient (Wildman–Crippen LogP) is 4.15. The van der Waals surface area contributed by atoms with Gasteiger partial charge in [-0.25, -0.2) is 0 Å². The summed E-state index contributed by atoms with van der Waals surface area (Å²) in [6, 6.07) is 5.90. The van der Waals surface area contributed by atoms with E-state index in [0.29, 0.717) is 0 Å². The zero-order valence-electron chi connectivity index (χ0n) is 14.8. The van der Waals surface area contributed by atoms with Crippen molar-refractivity contribution in [1.82, 2.24) is 0 Å². The molecule has 1 aliphatic rings. The first kappa shape index (κ1) is 24.0. The van der Waals surface area contributed by atoms with E-state index in [1.165, 1.54) is 45.5 Å². The van der Waals surface area contributed by atoms with Crippen molar-refractivity contribution < 1.29 is 15.5 Å². The van der Waals surface area contributed by atoms with Crippen molar-refractivity contribution in [2.24, 2.45) is 0 Å². The van der Waals surface area contributed by atoms with Crippen molar-refractivity contribution in [1.29, 1.82) is 0 Å². The Morgan fingerprint density at radius 2 is 1.59 bits per heavy atom. The molecule has 0 radical (unpaired) electrons. The van der Waals surface area contributed by atoms with Gasteiger partial charge in [0.1, 0.15) is 0 Å². The molecule has 0 bridgehead atoms. The van der Waals surface area contributed by atoms with Gasteiger partial charge in [0.15, 0.2) is 0 Å². The van der Waals surface area contributed by atoms with E-state index >= 15 is 0 Å². The van der Waals surface area contributed by atoms with E-state index in [4.69, 9.17) is 0 Å². The summed E-state index contributed by atoms with van der Waals surface area (Å²) in [7, 11) is 0. The summed E-state index contributed by atoms with van der Waals surface area (Å²) in [5.74, 6) is 1.39. The van der Waals surface area contributed by atoms with Gasteiger partial charge in [0.25, 0.3) is 0 Å². The maximum absolute atomic E-state index is 2.34. The number of aryl methyl sites for hydroxylation is 2. The molecular weight excluding hydrogens is 350 g/mol. The van der Waals surface area contributed by atoms with Crippen molar-refractivity contribution in [2.75, 3.05) is 0 Å². The molecule has 2 rings (SSSR count). The van der Waals surface area contributed by atoms with Gasteiger partial charge < -0.3 is 15.5 Å². The van der Waals surface area contributed by atoms with Crippen LogP contribution >= 0.6 is 0 Å². The van der Waals surface area contributed by atoms with Crippen LogP contribution in [-0.2, 0) is 0 Å². The standard InChI is InChI=1S/C18H24N.2H2O.Sr/c1-11(2)14(5)10-19-16(7)15(6)18-13(4)8-12(3)9-17(18)19;;;/h8-10H,1-7H3;2*1H2;/q-1;;;+2/p-2. The van der Waals surface area contributed by atoms with Crippen LogP contribution in [0.3, 0.4) is 0 Å². The van der Waals surface area contributed by atoms with Gasteiger partial charge in [-0.3, -0.25) is 0 Å². The van der Waals surface area contributed by atoms with Crippen LogP contribution in [0.5, 0.6) is 0 Å². The SMILES string of the molecule is CC(C)=C(C)C=[N+]1c2cc(C)cc(C)c2[C-](C)[C-]1C.[OH-].[OH-].[Sr+2]. The van der Waals surface area contributed by atoms with E-state index in [1.54, 1.807) is 0 Å². The van der Waals surface area contributed by atoms with Crippen LogP contribution in [-0.4, -0.2) is 67.2 Å². The summed E-state index contributed by atoms with van der Waals surface area (Å²) in [6.07, 6.45) is 2.26. The van der Waals surface area contributed by atoms with E-state index in [9.17, 15) is 0 Å². The van der Waals surface area contributed by atoms with Gasteiger partial charge in [-0.15, -0.1) is 23.1 Å². The molecule has 0 aliphatic carbocycles. The molecule has 0 saturated carbocycles. The fourth-order valence-electron chi connectivity index (χ4n) is 2.65. The molecule has 0 atom stereocenters.